The van der Waals surface area contributed by atoms with Crippen molar-refractivity contribution in [2.24, 2.45) is 0 Å². The van der Waals surface area contributed by atoms with Gasteiger partial charge in [-0.2, -0.15) is 13.2 Å². The van der Waals surface area contributed by atoms with E-state index in [9.17, 15) is 18.0 Å². The Morgan fingerprint density at radius 2 is 1.69 bits per heavy atom. The fourth-order valence-electron chi connectivity index (χ4n) is 2.95. The van der Waals surface area contributed by atoms with Crippen molar-refractivity contribution in [1.29, 1.82) is 0 Å². The third-order valence-corrected chi connectivity index (χ3v) is 6.08. The maximum atomic E-state index is 13.1. The third-order valence-electron chi connectivity index (χ3n) is 4.68. The summed E-state index contributed by atoms with van der Waals surface area (Å²) < 4.78 is 49.3. The zero-order valence-corrected chi connectivity index (χ0v) is 18.9. The van der Waals surface area contributed by atoms with E-state index in [4.69, 9.17) is 16.3 Å². The highest BCUT2D eigenvalue weighted by Crippen LogP contribution is 2.37. The van der Waals surface area contributed by atoms with Gasteiger partial charge in [-0.05, 0) is 59.5 Å². The number of esters is 1. The van der Waals surface area contributed by atoms with Gasteiger partial charge >= 0.3 is 12.1 Å². The molecule has 32 heavy (non-hydrogen) atoms. The summed E-state index contributed by atoms with van der Waals surface area (Å²) in [5.41, 5.74) is 2.23. The van der Waals surface area contributed by atoms with E-state index in [1.165, 1.54) is 13.2 Å². The van der Waals surface area contributed by atoms with Crippen LogP contribution >= 0.6 is 23.4 Å². The second-order valence-electron chi connectivity index (χ2n) is 6.97. The Morgan fingerprint density at radius 3 is 2.31 bits per heavy atom. The summed E-state index contributed by atoms with van der Waals surface area (Å²) >= 11 is 7.32. The second-order valence-corrected chi connectivity index (χ2v) is 8.43. The van der Waals surface area contributed by atoms with Crippen LogP contribution in [0.25, 0.3) is 11.1 Å². The average molecular weight is 481 g/mol. The summed E-state index contributed by atoms with van der Waals surface area (Å²) in [5, 5.41) is -0.314. The summed E-state index contributed by atoms with van der Waals surface area (Å²) in [5.74, 6) is 0.862. The number of thioether (sulfide) groups is 1. The Kier molecular flexibility index (Phi) is 7.74. The molecule has 0 N–H and O–H groups in total. The topological polar surface area (TPSA) is 35.5 Å². The molecule has 0 aliphatic rings. The van der Waals surface area contributed by atoms with Gasteiger partial charge in [0.25, 0.3) is 0 Å². The van der Waals surface area contributed by atoms with E-state index in [-0.39, 0.29) is 11.6 Å². The van der Waals surface area contributed by atoms with E-state index in [1.54, 1.807) is 30.0 Å². The van der Waals surface area contributed by atoms with Gasteiger partial charge in [0.1, 0.15) is 5.75 Å². The van der Waals surface area contributed by atoms with E-state index in [1.807, 2.05) is 37.3 Å². The quantitative estimate of drug-likeness (QED) is 0.265. The first kappa shape index (κ1) is 24.0. The van der Waals surface area contributed by atoms with Crippen molar-refractivity contribution < 1.29 is 27.4 Å². The number of alkyl halides is 3. The molecule has 8 heteroatoms. The molecule has 3 rings (SSSR count). The van der Waals surface area contributed by atoms with Crippen LogP contribution in [0.1, 0.15) is 16.7 Å². The van der Waals surface area contributed by atoms with Gasteiger partial charge in [-0.1, -0.05) is 41.9 Å². The molecule has 0 aliphatic carbocycles. The predicted molar refractivity (Wildman–Crippen MR) is 120 cm³/mol. The minimum Gasteiger partial charge on any atom is -0.482 e. The van der Waals surface area contributed by atoms with Crippen molar-refractivity contribution in [3.05, 3.63) is 82.4 Å². The number of rotatable bonds is 7. The van der Waals surface area contributed by atoms with Gasteiger partial charge < -0.3 is 9.47 Å². The van der Waals surface area contributed by atoms with Gasteiger partial charge in [-0.3, -0.25) is 0 Å². The Bertz CT molecular complexity index is 1100. The monoisotopic (exact) mass is 480 g/mol. The van der Waals surface area contributed by atoms with Crippen LogP contribution in [0.5, 0.6) is 5.75 Å². The van der Waals surface area contributed by atoms with Crippen LogP contribution in [-0.2, 0) is 21.5 Å². The molecular formula is C24H20ClF3O3S. The SMILES string of the molecule is COC(=O)COc1ccc(SCc2ccc(-c3ccc(Cl)c(C(F)(F)F)c3)cc2)cc1C. The number of aryl methyl sites for hydroxylation is 1. The Morgan fingerprint density at radius 1 is 1.00 bits per heavy atom. The van der Waals surface area contributed by atoms with Crippen LogP contribution in [0.2, 0.25) is 5.02 Å². The Balaban J connectivity index is 1.64. The number of halogens is 4. The first-order chi connectivity index (χ1) is 15.2. The zero-order valence-electron chi connectivity index (χ0n) is 17.3. The Hall–Kier alpha value is -2.64. The minimum atomic E-state index is -4.50. The van der Waals surface area contributed by atoms with Crippen molar-refractivity contribution in [1.82, 2.24) is 0 Å². The van der Waals surface area contributed by atoms with Crippen molar-refractivity contribution >= 4 is 29.3 Å². The summed E-state index contributed by atoms with van der Waals surface area (Å²) in [6, 6.07) is 17.0. The van der Waals surface area contributed by atoms with Gasteiger partial charge in [0, 0.05) is 10.6 Å². The molecule has 3 nitrogen and oxygen atoms in total. The molecule has 0 aliphatic heterocycles. The number of methoxy groups -OCH3 is 1. The lowest BCUT2D eigenvalue weighted by molar-refractivity contribution is -0.143. The molecule has 3 aromatic rings. The molecule has 0 heterocycles. The summed E-state index contributed by atoms with van der Waals surface area (Å²) in [4.78, 5) is 12.2. The number of carbonyl (C=O) groups excluding carboxylic acids is 1. The molecule has 0 saturated heterocycles. The molecule has 0 radical (unpaired) electrons. The highest BCUT2D eigenvalue weighted by Gasteiger charge is 2.33. The molecule has 0 atom stereocenters. The molecule has 0 saturated carbocycles. The van der Waals surface area contributed by atoms with Crippen LogP contribution in [0.3, 0.4) is 0 Å². The largest absolute Gasteiger partial charge is 0.482 e. The van der Waals surface area contributed by atoms with E-state index < -0.39 is 17.7 Å². The number of hydrogen-bond donors (Lipinski definition) is 0. The van der Waals surface area contributed by atoms with Crippen molar-refractivity contribution in [3.8, 4) is 16.9 Å². The van der Waals surface area contributed by atoms with Crippen LogP contribution < -0.4 is 4.74 Å². The summed E-state index contributed by atoms with van der Waals surface area (Å²) in [6.07, 6.45) is -4.50. The van der Waals surface area contributed by atoms with Gasteiger partial charge in [0.15, 0.2) is 6.61 Å². The molecule has 0 spiro atoms. The molecule has 0 bridgehead atoms. The van der Waals surface area contributed by atoms with Gasteiger partial charge in [-0.25, -0.2) is 4.79 Å². The summed E-state index contributed by atoms with van der Waals surface area (Å²) in [6.45, 7) is 1.75. The lowest BCUT2D eigenvalue weighted by atomic mass is 10.0. The predicted octanol–water partition coefficient (Wildman–Crippen LogP) is 7.18. The molecule has 0 fully saturated rings. The molecule has 0 unspecified atom stereocenters. The van der Waals surface area contributed by atoms with E-state index >= 15 is 0 Å². The van der Waals surface area contributed by atoms with E-state index in [0.717, 1.165) is 22.1 Å². The first-order valence-electron chi connectivity index (χ1n) is 9.56. The summed E-state index contributed by atoms with van der Waals surface area (Å²) in [7, 11) is 1.31. The maximum Gasteiger partial charge on any atom is 0.417 e. The highest BCUT2D eigenvalue weighted by molar-refractivity contribution is 7.98. The third kappa shape index (κ3) is 6.20. The molecule has 0 aromatic heterocycles. The van der Waals surface area contributed by atoms with Crippen LogP contribution in [0.15, 0.2) is 65.6 Å². The van der Waals surface area contributed by atoms with Gasteiger partial charge in [0.2, 0.25) is 0 Å². The molecule has 0 amide bonds. The van der Waals surface area contributed by atoms with Crippen LogP contribution in [0, 0.1) is 6.92 Å². The number of hydrogen-bond acceptors (Lipinski definition) is 4. The normalized spacial score (nSPS) is 11.3. The van der Waals surface area contributed by atoms with E-state index in [0.29, 0.717) is 22.6 Å². The van der Waals surface area contributed by atoms with Crippen LogP contribution in [-0.4, -0.2) is 19.7 Å². The maximum absolute atomic E-state index is 13.1. The number of carbonyl (C=O) groups is 1. The van der Waals surface area contributed by atoms with Crippen molar-refractivity contribution in [3.63, 3.8) is 0 Å². The van der Waals surface area contributed by atoms with Gasteiger partial charge in [0.05, 0.1) is 17.7 Å². The number of ether oxygens (including phenoxy) is 2. The molecule has 3 aromatic carbocycles. The lowest BCUT2D eigenvalue weighted by Gasteiger charge is -2.12. The molecular weight excluding hydrogens is 461 g/mol. The van der Waals surface area contributed by atoms with E-state index in [2.05, 4.69) is 4.74 Å². The van der Waals surface area contributed by atoms with Gasteiger partial charge in [-0.15, -0.1) is 11.8 Å². The standard InChI is InChI=1S/C24H20ClF3O3S/c1-15-11-19(8-10-22(15)31-13-23(29)30-2)32-14-16-3-5-17(6-4-16)18-7-9-21(25)20(12-18)24(26,27)28/h3-12H,13-14H2,1-2H3. The average Bonchev–Trinajstić information content (AvgIpc) is 2.76. The van der Waals surface area contributed by atoms with Crippen molar-refractivity contribution in [2.45, 2.75) is 23.7 Å². The minimum absolute atomic E-state index is 0.145. The lowest BCUT2D eigenvalue weighted by Crippen LogP contribution is -2.12. The fraction of sp³-hybridized carbons (Fsp3) is 0.208. The smallest absolute Gasteiger partial charge is 0.417 e. The highest BCUT2D eigenvalue weighted by atomic mass is 35.5. The second kappa shape index (κ2) is 10.3. The first-order valence-corrected chi connectivity index (χ1v) is 10.9. The molecule has 168 valence electrons. The van der Waals surface area contributed by atoms with Crippen LogP contribution in [0.4, 0.5) is 13.2 Å². The fourth-order valence-corrected chi connectivity index (χ4v) is 4.13. The Labute approximate surface area is 193 Å². The zero-order chi connectivity index (χ0) is 23.3. The number of benzene rings is 3. The van der Waals surface area contributed by atoms with Crippen molar-refractivity contribution in [2.75, 3.05) is 13.7 Å².